The Hall–Kier alpha value is -1.40. The second-order valence-corrected chi connectivity index (χ2v) is 13.0. The third-order valence-electron chi connectivity index (χ3n) is 10.7. The molecule has 0 aromatic carbocycles. The minimum absolute atomic E-state index is 0.0659. The van der Waals surface area contributed by atoms with E-state index in [0.717, 1.165) is 19.3 Å². The third-order valence-corrected chi connectivity index (χ3v) is 10.7. The molecule has 6 heteroatoms. The molecule has 7 atom stereocenters. The number of unbranched alkanes of at least 4 members (excludes halogenated alkanes) is 12. The fourth-order valence-electron chi connectivity index (χ4n) is 8.56. The standard InChI is InChI=1S/C32H50O6/c1-5-6-7-8-9-10-11-12-13-14-15-16-17-18-25(33)37-29-31-20-30(31,28(34)35-4)24-19-23(22(2)3)26(24)27-32(31,38-27)21-36-29/h24,26-27,29H,5-21H2,1-4H3. The van der Waals surface area contributed by atoms with Crippen LogP contribution in [0.25, 0.3) is 0 Å². The molecule has 0 aromatic heterocycles. The highest BCUT2D eigenvalue weighted by Gasteiger charge is 3.00. The van der Waals surface area contributed by atoms with E-state index in [1.165, 1.54) is 88.9 Å². The van der Waals surface area contributed by atoms with Crippen molar-refractivity contribution >= 4 is 11.9 Å². The van der Waals surface area contributed by atoms with Crippen LogP contribution in [-0.2, 0) is 28.5 Å². The number of carbonyl (C=O) groups excluding carboxylic acids is 2. The Morgan fingerprint density at radius 1 is 0.921 bits per heavy atom. The average Bonchev–Trinajstić information content (AvgIpc) is 3.74. The van der Waals surface area contributed by atoms with Gasteiger partial charge in [0.25, 0.3) is 0 Å². The lowest BCUT2D eigenvalue weighted by molar-refractivity contribution is -0.188. The number of methoxy groups -OCH3 is 1. The molecular formula is C32H50O6. The summed E-state index contributed by atoms with van der Waals surface area (Å²) in [4.78, 5) is 26.1. The summed E-state index contributed by atoms with van der Waals surface area (Å²) in [7, 11) is 1.47. The lowest BCUT2D eigenvalue weighted by Crippen LogP contribution is -2.56. The van der Waals surface area contributed by atoms with Gasteiger partial charge >= 0.3 is 11.9 Å². The summed E-state index contributed by atoms with van der Waals surface area (Å²) >= 11 is 0. The van der Waals surface area contributed by atoms with Crippen LogP contribution in [-0.4, -0.2) is 43.7 Å². The van der Waals surface area contributed by atoms with E-state index in [9.17, 15) is 9.59 Å². The normalized spacial score (nSPS) is 37.3. The van der Waals surface area contributed by atoms with Crippen LogP contribution >= 0.6 is 0 Å². The number of hydrogen-bond acceptors (Lipinski definition) is 6. The largest absolute Gasteiger partial charge is 0.469 e. The molecule has 3 saturated carbocycles. The molecule has 5 fully saturated rings. The summed E-state index contributed by atoms with van der Waals surface area (Å²) in [5.41, 5.74) is 0.991. The number of ether oxygens (including phenoxy) is 4. The minimum atomic E-state index is -0.710. The summed E-state index contributed by atoms with van der Waals surface area (Å²) < 4.78 is 23.8. The zero-order chi connectivity index (χ0) is 27.0. The van der Waals surface area contributed by atoms with E-state index in [-0.39, 0.29) is 29.9 Å². The van der Waals surface area contributed by atoms with E-state index in [1.54, 1.807) is 0 Å². The van der Waals surface area contributed by atoms with E-state index in [1.807, 2.05) is 0 Å². The Balaban J connectivity index is 1.04. The summed E-state index contributed by atoms with van der Waals surface area (Å²) in [5, 5.41) is 0. The Morgan fingerprint density at radius 3 is 2.11 bits per heavy atom. The van der Waals surface area contributed by atoms with E-state index < -0.39 is 22.7 Å². The van der Waals surface area contributed by atoms with Gasteiger partial charge in [-0.3, -0.25) is 9.59 Å². The van der Waals surface area contributed by atoms with E-state index in [2.05, 4.69) is 20.8 Å². The maximum atomic E-state index is 13.2. The molecule has 2 saturated heterocycles. The fraction of sp³-hybridized carbons (Fsp3) is 0.875. The van der Waals surface area contributed by atoms with Crippen molar-refractivity contribution in [2.45, 2.75) is 141 Å². The summed E-state index contributed by atoms with van der Waals surface area (Å²) in [6, 6.07) is 0. The molecule has 214 valence electrons. The van der Waals surface area contributed by atoms with Gasteiger partial charge in [-0.1, -0.05) is 95.1 Å². The highest BCUT2D eigenvalue weighted by atomic mass is 16.7. The van der Waals surface area contributed by atoms with Crippen LogP contribution in [0, 0.1) is 22.7 Å². The summed E-state index contributed by atoms with van der Waals surface area (Å²) in [5.74, 6) is 0.0489. The molecule has 0 bridgehead atoms. The number of allylic oxidation sites excluding steroid dienone is 1. The van der Waals surface area contributed by atoms with Crippen molar-refractivity contribution in [3.63, 3.8) is 0 Å². The van der Waals surface area contributed by atoms with Gasteiger partial charge in [0.1, 0.15) is 5.60 Å². The predicted octanol–water partition coefficient (Wildman–Crippen LogP) is 7.04. The monoisotopic (exact) mass is 530 g/mol. The number of fused-ring (bicyclic) bond motifs is 3. The fourth-order valence-corrected chi connectivity index (χ4v) is 8.56. The van der Waals surface area contributed by atoms with Crippen molar-refractivity contribution < 1.29 is 28.5 Å². The van der Waals surface area contributed by atoms with E-state index in [0.29, 0.717) is 19.4 Å². The zero-order valence-corrected chi connectivity index (χ0v) is 24.3. The molecule has 0 radical (unpaired) electrons. The highest BCUT2D eigenvalue weighted by Crippen LogP contribution is 2.90. The molecule has 0 N–H and O–H groups in total. The van der Waals surface area contributed by atoms with Crippen LogP contribution in [0.3, 0.4) is 0 Å². The van der Waals surface area contributed by atoms with Crippen LogP contribution in [0.5, 0.6) is 0 Å². The number of esters is 2. The number of hydrogen-bond donors (Lipinski definition) is 0. The Morgan fingerprint density at radius 2 is 1.53 bits per heavy atom. The second kappa shape index (κ2) is 11.2. The smallest absolute Gasteiger partial charge is 0.313 e. The van der Waals surface area contributed by atoms with Gasteiger partial charge < -0.3 is 18.9 Å². The van der Waals surface area contributed by atoms with Gasteiger partial charge in [-0.15, -0.1) is 0 Å². The molecule has 2 heterocycles. The molecule has 2 aliphatic heterocycles. The van der Waals surface area contributed by atoms with Crippen molar-refractivity contribution in [2.75, 3.05) is 13.7 Å². The first-order valence-corrected chi connectivity index (χ1v) is 15.6. The lowest BCUT2D eigenvalue weighted by Gasteiger charge is -2.49. The van der Waals surface area contributed by atoms with Crippen LogP contribution in [0.15, 0.2) is 11.1 Å². The maximum Gasteiger partial charge on any atom is 0.313 e. The molecule has 0 aromatic rings. The number of epoxide rings is 1. The van der Waals surface area contributed by atoms with Gasteiger partial charge in [-0.25, -0.2) is 0 Å². The SMILES string of the molecule is CCCCCCCCCCCCCCCC(=O)OC1OCC23OC2C2C(=C(C)C)CC2C2(C(=O)OC)CC132. The van der Waals surface area contributed by atoms with Crippen molar-refractivity contribution in [3.8, 4) is 0 Å². The Kier molecular flexibility index (Phi) is 8.32. The first kappa shape index (κ1) is 28.1. The van der Waals surface area contributed by atoms with Crippen LogP contribution < -0.4 is 0 Å². The van der Waals surface area contributed by atoms with Gasteiger partial charge in [0.2, 0.25) is 6.29 Å². The Bertz CT molecular complexity index is 923. The number of rotatable bonds is 16. The quantitative estimate of drug-likeness (QED) is 0.0922. The Labute approximate surface area is 229 Å². The highest BCUT2D eigenvalue weighted by molar-refractivity contribution is 5.85. The van der Waals surface area contributed by atoms with E-state index in [4.69, 9.17) is 18.9 Å². The second-order valence-electron chi connectivity index (χ2n) is 13.0. The summed E-state index contributed by atoms with van der Waals surface area (Å²) in [6.07, 6.45) is 17.9. The molecule has 3 aliphatic carbocycles. The van der Waals surface area contributed by atoms with Gasteiger partial charge in [-0.2, -0.15) is 0 Å². The van der Waals surface area contributed by atoms with Crippen molar-refractivity contribution in [2.24, 2.45) is 22.7 Å². The third kappa shape index (κ3) is 4.36. The van der Waals surface area contributed by atoms with Gasteiger partial charge in [0.15, 0.2) is 0 Å². The van der Waals surface area contributed by atoms with E-state index >= 15 is 0 Å². The first-order chi connectivity index (χ1) is 18.4. The molecular weight excluding hydrogens is 480 g/mol. The van der Waals surface area contributed by atoms with Crippen LogP contribution in [0.4, 0.5) is 0 Å². The zero-order valence-electron chi connectivity index (χ0n) is 24.3. The first-order valence-electron chi connectivity index (χ1n) is 15.6. The molecule has 2 spiro atoms. The molecule has 5 rings (SSSR count). The average molecular weight is 531 g/mol. The predicted molar refractivity (Wildman–Crippen MR) is 145 cm³/mol. The van der Waals surface area contributed by atoms with Gasteiger partial charge in [0, 0.05) is 12.3 Å². The molecule has 5 aliphatic rings. The summed E-state index contributed by atoms with van der Waals surface area (Å²) in [6.45, 7) is 6.95. The van der Waals surface area contributed by atoms with Gasteiger partial charge in [-0.05, 0) is 39.0 Å². The van der Waals surface area contributed by atoms with Crippen molar-refractivity contribution in [1.29, 1.82) is 0 Å². The number of carbonyl (C=O) groups is 2. The van der Waals surface area contributed by atoms with Crippen molar-refractivity contribution in [1.82, 2.24) is 0 Å². The lowest BCUT2D eigenvalue weighted by atomic mass is 9.51. The van der Waals surface area contributed by atoms with Gasteiger partial charge in [0.05, 0.1) is 30.7 Å². The minimum Gasteiger partial charge on any atom is -0.469 e. The molecule has 0 amide bonds. The molecule has 7 unspecified atom stereocenters. The molecule has 6 nitrogen and oxygen atoms in total. The van der Waals surface area contributed by atoms with Crippen molar-refractivity contribution in [3.05, 3.63) is 11.1 Å². The molecule has 38 heavy (non-hydrogen) atoms. The van der Waals surface area contributed by atoms with Crippen LogP contribution in [0.1, 0.15) is 124 Å². The topological polar surface area (TPSA) is 74.4 Å². The maximum absolute atomic E-state index is 13.2. The van der Waals surface area contributed by atoms with Crippen LogP contribution in [0.2, 0.25) is 0 Å².